The molecule has 25 heavy (non-hydrogen) atoms. The van der Waals surface area contributed by atoms with Crippen LogP contribution in [0, 0.1) is 5.92 Å². The molecule has 1 heterocycles. The molecule has 0 bridgehead atoms. The number of carbonyl (C=O) groups excluding carboxylic acids is 1. The molecule has 4 heteroatoms. The topological polar surface area (TPSA) is 52.6 Å². The lowest BCUT2D eigenvalue weighted by Gasteiger charge is -2.37. The van der Waals surface area contributed by atoms with E-state index in [0.29, 0.717) is 5.92 Å². The molecule has 4 nitrogen and oxygen atoms in total. The fourth-order valence-electron chi connectivity index (χ4n) is 4.08. The van der Waals surface area contributed by atoms with Crippen LogP contribution in [0.5, 0.6) is 0 Å². The molecule has 1 aliphatic carbocycles. The molecule has 1 atom stereocenters. The van der Waals surface area contributed by atoms with Gasteiger partial charge in [-0.25, -0.2) is 0 Å². The second-order valence-corrected chi connectivity index (χ2v) is 7.76. The zero-order chi connectivity index (χ0) is 17.6. The molecular formula is C21H32N2O2. The number of likely N-dealkylation sites (tertiary alicyclic amines) is 1. The Balaban J connectivity index is 1.53. The predicted molar refractivity (Wildman–Crippen MR) is 100 cm³/mol. The van der Waals surface area contributed by atoms with Crippen molar-refractivity contribution >= 4 is 5.91 Å². The van der Waals surface area contributed by atoms with E-state index in [1.807, 2.05) is 12.1 Å². The maximum Gasteiger partial charge on any atom is 0.251 e. The summed E-state index contributed by atoms with van der Waals surface area (Å²) in [6.07, 6.45) is 7.67. The van der Waals surface area contributed by atoms with Crippen LogP contribution in [0.25, 0.3) is 0 Å². The Morgan fingerprint density at radius 1 is 1.16 bits per heavy atom. The molecule has 1 aromatic carbocycles. The van der Waals surface area contributed by atoms with E-state index in [4.69, 9.17) is 0 Å². The summed E-state index contributed by atoms with van der Waals surface area (Å²) in [5, 5.41) is 12.6. The van der Waals surface area contributed by atoms with Gasteiger partial charge in [0.15, 0.2) is 0 Å². The zero-order valence-electron chi connectivity index (χ0n) is 15.4. The van der Waals surface area contributed by atoms with Crippen LogP contribution in [0.3, 0.4) is 0 Å². The highest BCUT2D eigenvalue weighted by Gasteiger charge is 2.33. The van der Waals surface area contributed by atoms with E-state index in [2.05, 4.69) is 29.3 Å². The highest BCUT2D eigenvalue weighted by Crippen LogP contribution is 2.31. The second-order valence-electron chi connectivity index (χ2n) is 7.76. The minimum Gasteiger partial charge on any atom is -0.393 e. The number of rotatable bonds is 6. The van der Waals surface area contributed by atoms with Gasteiger partial charge in [-0.1, -0.05) is 31.9 Å². The van der Waals surface area contributed by atoms with E-state index in [0.717, 1.165) is 31.4 Å². The molecular weight excluding hydrogens is 312 g/mol. The lowest BCUT2D eigenvalue weighted by atomic mass is 9.76. The minimum absolute atomic E-state index is 0.00885. The molecule has 1 saturated heterocycles. The minimum atomic E-state index is -0.172. The highest BCUT2D eigenvalue weighted by atomic mass is 16.3. The summed E-state index contributed by atoms with van der Waals surface area (Å²) in [7, 11) is 0. The van der Waals surface area contributed by atoms with Gasteiger partial charge in [0.25, 0.3) is 5.91 Å². The smallest absolute Gasteiger partial charge is 0.251 e. The normalized spacial score (nSPS) is 25.7. The van der Waals surface area contributed by atoms with E-state index in [-0.39, 0.29) is 18.1 Å². The fourth-order valence-corrected chi connectivity index (χ4v) is 4.08. The van der Waals surface area contributed by atoms with Crippen molar-refractivity contribution in [2.75, 3.05) is 13.1 Å². The number of nitrogens with one attached hydrogen (secondary N) is 1. The van der Waals surface area contributed by atoms with Gasteiger partial charge < -0.3 is 10.4 Å². The van der Waals surface area contributed by atoms with Crippen molar-refractivity contribution in [3.63, 3.8) is 0 Å². The van der Waals surface area contributed by atoms with Crippen LogP contribution in [-0.2, 0) is 6.54 Å². The van der Waals surface area contributed by atoms with Crippen LogP contribution in [0.4, 0.5) is 0 Å². The molecule has 1 saturated carbocycles. The maximum atomic E-state index is 12.5. The Morgan fingerprint density at radius 2 is 1.80 bits per heavy atom. The molecule has 1 unspecified atom stereocenters. The van der Waals surface area contributed by atoms with Crippen molar-refractivity contribution < 1.29 is 9.90 Å². The Bertz CT molecular complexity index is 544. The average molecular weight is 344 g/mol. The predicted octanol–water partition coefficient (Wildman–Crippen LogP) is 3.34. The maximum absolute atomic E-state index is 12.5. The van der Waals surface area contributed by atoms with E-state index in [1.165, 1.54) is 44.3 Å². The van der Waals surface area contributed by atoms with Gasteiger partial charge >= 0.3 is 0 Å². The van der Waals surface area contributed by atoms with Crippen molar-refractivity contribution in [1.82, 2.24) is 10.2 Å². The SMILES string of the molecule is CCC(NC(=O)c1ccc(CN2CCCCCC2)cc1)C1CC(O)C1. The van der Waals surface area contributed by atoms with Crippen molar-refractivity contribution in [2.45, 2.75) is 70.6 Å². The van der Waals surface area contributed by atoms with Crippen LogP contribution in [0.2, 0.25) is 0 Å². The Labute approximate surface area is 151 Å². The Hall–Kier alpha value is -1.39. The summed E-state index contributed by atoms with van der Waals surface area (Å²) in [5.41, 5.74) is 2.02. The number of hydrogen-bond acceptors (Lipinski definition) is 3. The molecule has 1 aliphatic heterocycles. The summed E-state index contributed by atoms with van der Waals surface area (Å²) in [6, 6.07) is 8.25. The first-order valence-electron chi connectivity index (χ1n) is 9.96. The number of amides is 1. The first-order valence-corrected chi connectivity index (χ1v) is 9.96. The van der Waals surface area contributed by atoms with Gasteiger partial charge in [-0.05, 0) is 68.8 Å². The van der Waals surface area contributed by atoms with Crippen LogP contribution in [0.15, 0.2) is 24.3 Å². The second kappa shape index (κ2) is 8.81. The molecule has 0 aromatic heterocycles. The molecule has 2 aliphatic rings. The molecule has 1 aromatic rings. The Morgan fingerprint density at radius 3 is 2.36 bits per heavy atom. The zero-order valence-corrected chi connectivity index (χ0v) is 15.4. The summed E-state index contributed by atoms with van der Waals surface area (Å²) in [4.78, 5) is 15.0. The number of benzene rings is 1. The summed E-state index contributed by atoms with van der Waals surface area (Å²) in [6.45, 7) is 5.46. The lowest BCUT2D eigenvalue weighted by Crippen LogP contribution is -2.46. The van der Waals surface area contributed by atoms with Crippen molar-refractivity contribution in [2.24, 2.45) is 5.92 Å². The number of aliphatic hydroxyl groups excluding tert-OH is 1. The number of aliphatic hydroxyl groups is 1. The first-order chi connectivity index (χ1) is 12.2. The molecule has 3 rings (SSSR count). The third-order valence-electron chi connectivity index (χ3n) is 5.80. The van der Waals surface area contributed by atoms with Crippen LogP contribution in [0.1, 0.15) is 67.8 Å². The Kier molecular flexibility index (Phi) is 6.49. The van der Waals surface area contributed by atoms with Crippen molar-refractivity contribution in [3.8, 4) is 0 Å². The molecule has 0 radical (unpaired) electrons. The third kappa shape index (κ3) is 5.05. The van der Waals surface area contributed by atoms with E-state index in [1.54, 1.807) is 0 Å². The quantitative estimate of drug-likeness (QED) is 0.832. The van der Waals surface area contributed by atoms with Gasteiger partial charge in [-0.2, -0.15) is 0 Å². The van der Waals surface area contributed by atoms with Crippen molar-refractivity contribution in [3.05, 3.63) is 35.4 Å². The molecule has 2 fully saturated rings. The van der Waals surface area contributed by atoms with Gasteiger partial charge in [-0.15, -0.1) is 0 Å². The number of nitrogens with zero attached hydrogens (tertiary/aromatic N) is 1. The van der Waals surface area contributed by atoms with Gasteiger partial charge in [0.05, 0.1) is 6.10 Å². The summed E-state index contributed by atoms with van der Waals surface area (Å²) in [5.74, 6) is 0.431. The number of carbonyl (C=O) groups is 1. The lowest BCUT2D eigenvalue weighted by molar-refractivity contribution is 0.0232. The molecule has 1 amide bonds. The average Bonchev–Trinajstić information content (AvgIpc) is 2.86. The molecule has 2 N–H and O–H groups in total. The molecule has 138 valence electrons. The van der Waals surface area contributed by atoms with Gasteiger partial charge in [0, 0.05) is 18.2 Å². The fraction of sp³-hybridized carbons (Fsp3) is 0.667. The van der Waals surface area contributed by atoms with Gasteiger partial charge in [0.1, 0.15) is 0 Å². The van der Waals surface area contributed by atoms with E-state index >= 15 is 0 Å². The first kappa shape index (κ1) is 18.4. The third-order valence-corrected chi connectivity index (χ3v) is 5.80. The standard InChI is InChI=1S/C21H32N2O2/c1-2-20(18-13-19(24)14-18)22-21(25)17-9-7-16(8-10-17)15-23-11-5-3-4-6-12-23/h7-10,18-20,24H,2-6,11-15H2,1H3,(H,22,25). The van der Waals surface area contributed by atoms with Crippen molar-refractivity contribution in [1.29, 1.82) is 0 Å². The summed E-state index contributed by atoms with van der Waals surface area (Å²) >= 11 is 0. The van der Waals surface area contributed by atoms with Gasteiger partial charge in [0.2, 0.25) is 0 Å². The van der Waals surface area contributed by atoms with E-state index in [9.17, 15) is 9.90 Å². The monoisotopic (exact) mass is 344 g/mol. The number of hydrogen-bond donors (Lipinski definition) is 2. The van der Waals surface area contributed by atoms with Crippen LogP contribution in [-0.4, -0.2) is 41.1 Å². The largest absolute Gasteiger partial charge is 0.393 e. The highest BCUT2D eigenvalue weighted by molar-refractivity contribution is 5.94. The van der Waals surface area contributed by atoms with Gasteiger partial charge in [-0.3, -0.25) is 9.69 Å². The summed E-state index contributed by atoms with van der Waals surface area (Å²) < 4.78 is 0. The molecule has 0 spiro atoms. The van der Waals surface area contributed by atoms with E-state index < -0.39 is 0 Å². The van der Waals surface area contributed by atoms with Crippen LogP contribution < -0.4 is 5.32 Å². The van der Waals surface area contributed by atoms with Crippen LogP contribution >= 0.6 is 0 Å².